The number of nitrogens with zero attached hydrogens (tertiary/aromatic N) is 1. The zero-order valence-corrected chi connectivity index (χ0v) is 18.3. The van der Waals surface area contributed by atoms with Gasteiger partial charge in [-0.05, 0) is 42.3 Å². The van der Waals surface area contributed by atoms with E-state index in [1.807, 2.05) is 44.2 Å². The number of hydrogen-bond donors (Lipinski definition) is 0. The number of rotatable bonds is 6. The van der Waals surface area contributed by atoms with Crippen LogP contribution in [0.4, 0.5) is 0 Å². The lowest BCUT2D eigenvalue weighted by molar-refractivity contribution is -0.136. The zero-order valence-electron chi connectivity index (χ0n) is 17.5. The highest BCUT2D eigenvalue weighted by Gasteiger charge is 2.27. The molecule has 0 aliphatic carbocycles. The maximum atomic E-state index is 12.4. The fourth-order valence-electron chi connectivity index (χ4n) is 3.10. The van der Waals surface area contributed by atoms with Crippen molar-refractivity contribution in [3.05, 3.63) is 88.1 Å². The minimum atomic E-state index is -0.552. The molecule has 0 N–H and O–H groups in total. The van der Waals surface area contributed by atoms with Crippen molar-refractivity contribution in [3.63, 3.8) is 0 Å². The molecule has 7 heteroatoms. The molecule has 6 nitrogen and oxygen atoms in total. The summed E-state index contributed by atoms with van der Waals surface area (Å²) in [4.78, 5) is 29.4. The van der Waals surface area contributed by atoms with Crippen LogP contribution in [0.3, 0.4) is 0 Å². The smallest absolute Gasteiger partial charge is 0.368 e. The summed E-state index contributed by atoms with van der Waals surface area (Å²) in [5.41, 5.74) is 2.42. The SMILES string of the molecule is CC(C)COC(=O)c1cc(-c2ccc(/C=C3\C(=O)ON=C3c3ccccc3)o2)ccc1Cl. The van der Waals surface area contributed by atoms with Crippen molar-refractivity contribution in [2.24, 2.45) is 11.1 Å². The molecular formula is C25H20ClNO5. The lowest BCUT2D eigenvalue weighted by Crippen LogP contribution is -2.10. The van der Waals surface area contributed by atoms with Crippen LogP contribution in [0.1, 0.15) is 35.5 Å². The average molecular weight is 450 g/mol. The Balaban J connectivity index is 1.60. The van der Waals surface area contributed by atoms with Gasteiger partial charge in [0.15, 0.2) is 0 Å². The molecule has 0 saturated carbocycles. The van der Waals surface area contributed by atoms with Crippen LogP contribution in [0.15, 0.2) is 75.8 Å². The van der Waals surface area contributed by atoms with Crippen LogP contribution < -0.4 is 0 Å². The molecule has 32 heavy (non-hydrogen) atoms. The van der Waals surface area contributed by atoms with Crippen LogP contribution in [0.5, 0.6) is 0 Å². The van der Waals surface area contributed by atoms with Gasteiger partial charge in [-0.25, -0.2) is 9.59 Å². The molecule has 1 aliphatic rings. The molecule has 0 bridgehead atoms. The van der Waals surface area contributed by atoms with Crippen molar-refractivity contribution in [1.29, 1.82) is 0 Å². The summed E-state index contributed by atoms with van der Waals surface area (Å²) < 4.78 is 11.2. The van der Waals surface area contributed by atoms with Crippen LogP contribution in [-0.4, -0.2) is 24.3 Å². The number of benzene rings is 2. The van der Waals surface area contributed by atoms with Crippen molar-refractivity contribution >= 4 is 35.3 Å². The molecule has 0 spiro atoms. The first-order chi connectivity index (χ1) is 15.4. The minimum Gasteiger partial charge on any atom is -0.462 e. The van der Waals surface area contributed by atoms with Crippen molar-refractivity contribution in [3.8, 4) is 11.3 Å². The fraction of sp³-hybridized carbons (Fsp3) is 0.160. The maximum absolute atomic E-state index is 12.4. The molecule has 0 saturated heterocycles. The topological polar surface area (TPSA) is 78.1 Å². The number of carbonyl (C=O) groups excluding carboxylic acids is 2. The van der Waals surface area contributed by atoms with Crippen LogP contribution in [0, 0.1) is 5.92 Å². The molecule has 0 amide bonds. The number of halogens is 1. The second-order valence-corrected chi connectivity index (χ2v) is 8.04. The summed E-state index contributed by atoms with van der Waals surface area (Å²) in [6.07, 6.45) is 1.58. The predicted octanol–water partition coefficient (Wildman–Crippen LogP) is 5.76. The van der Waals surface area contributed by atoms with E-state index in [1.165, 1.54) is 0 Å². The summed E-state index contributed by atoms with van der Waals surface area (Å²) >= 11 is 6.20. The van der Waals surface area contributed by atoms with Crippen LogP contribution in [-0.2, 0) is 14.4 Å². The number of esters is 1. The van der Waals surface area contributed by atoms with Crippen molar-refractivity contribution in [1.82, 2.24) is 0 Å². The quantitative estimate of drug-likeness (QED) is 0.271. The summed E-state index contributed by atoms with van der Waals surface area (Å²) in [5.74, 6) is 0.126. The highest BCUT2D eigenvalue weighted by atomic mass is 35.5. The minimum absolute atomic E-state index is 0.216. The van der Waals surface area contributed by atoms with E-state index in [2.05, 4.69) is 5.16 Å². The first kappa shape index (κ1) is 21.6. The molecule has 0 fully saturated rings. The van der Waals surface area contributed by atoms with Crippen LogP contribution in [0.2, 0.25) is 5.02 Å². The lowest BCUT2D eigenvalue weighted by atomic mass is 10.0. The molecule has 162 valence electrons. The van der Waals surface area contributed by atoms with E-state index < -0.39 is 11.9 Å². The molecule has 0 atom stereocenters. The molecule has 0 radical (unpaired) electrons. The molecular weight excluding hydrogens is 430 g/mol. The fourth-order valence-corrected chi connectivity index (χ4v) is 3.29. The van der Waals surface area contributed by atoms with Crippen molar-refractivity contribution in [2.75, 3.05) is 6.61 Å². The Bertz CT molecular complexity index is 1220. The van der Waals surface area contributed by atoms with Gasteiger partial charge in [-0.2, -0.15) is 0 Å². The highest BCUT2D eigenvalue weighted by molar-refractivity contribution is 6.33. The first-order valence-corrected chi connectivity index (χ1v) is 10.4. The van der Waals surface area contributed by atoms with Gasteiger partial charge in [0, 0.05) is 11.1 Å². The van der Waals surface area contributed by atoms with Gasteiger partial charge in [0.2, 0.25) is 0 Å². The van der Waals surface area contributed by atoms with E-state index >= 15 is 0 Å². The molecule has 1 aromatic heterocycles. The maximum Gasteiger partial charge on any atom is 0.368 e. The Morgan fingerprint density at radius 1 is 1.09 bits per heavy atom. The largest absolute Gasteiger partial charge is 0.462 e. The summed E-state index contributed by atoms with van der Waals surface area (Å²) in [6.45, 7) is 4.22. The van der Waals surface area contributed by atoms with E-state index in [-0.39, 0.29) is 11.5 Å². The molecule has 3 aromatic rings. The number of ether oxygens (including phenoxy) is 1. The van der Waals surface area contributed by atoms with Crippen LogP contribution >= 0.6 is 11.6 Å². The standard InChI is InChI=1S/C25H20ClNO5/c1-15(2)14-30-24(28)19-12-17(8-10-21(19)26)22-11-9-18(31-22)13-20-23(27-32-25(20)29)16-6-4-3-5-7-16/h3-13,15H,14H2,1-2H3/b20-13-. The van der Waals surface area contributed by atoms with E-state index in [0.29, 0.717) is 40.0 Å². The molecule has 0 unspecified atom stereocenters. The number of carbonyl (C=O) groups is 2. The van der Waals surface area contributed by atoms with Crippen molar-refractivity contribution in [2.45, 2.75) is 13.8 Å². The lowest BCUT2D eigenvalue weighted by Gasteiger charge is -2.09. The Labute approximate surface area is 190 Å². The predicted molar refractivity (Wildman–Crippen MR) is 121 cm³/mol. The van der Waals surface area contributed by atoms with E-state index in [4.69, 9.17) is 25.6 Å². The van der Waals surface area contributed by atoms with Gasteiger partial charge in [0.05, 0.1) is 22.8 Å². The Kier molecular flexibility index (Phi) is 6.23. The van der Waals surface area contributed by atoms with Gasteiger partial charge in [-0.15, -0.1) is 0 Å². The summed E-state index contributed by atoms with van der Waals surface area (Å²) in [7, 11) is 0. The van der Waals surface area contributed by atoms with Crippen molar-refractivity contribution < 1.29 is 23.6 Å². The zero-order chi connectivity index (χ0) is 22.7. The second-order valence-electron chi connectivity index (χ2n) is 7.63. The Morgan fingerprint density at radius 2 is 1.88 bits per heavy atom. The molecule has 1 aliphatic heterocycles. The Hall–Kier alpha value is -3.64. The normalized spacial score (nSPS) is 14.6. The summed E-state index contributed by atoms with van der Waals surface area (Å²) in [6, 6.07) is 17.7. The molecule has 2 aromatic carbocycles. The monoisotopic (exact) mass is 449 g/mol. The Morgan fingerprint density at radius 3 is 2.62 bits per heavy atom. The third-order valence-corrected chi connectivity index (χ3v) is 5.00. The summed E-state index contributed by atoms with van der Waals surface area (Å²) in [5, 5.41) is 4.19. The van der Waals surface area contributed by atoms with Gasteiger partial charge in [0.25, 0.3) is 0 Å². The van der Waals surface area contributed by atoms with Gasteiger partial charge >= 0.3 is 11.9 Å². The molecule has 2 heterocycles. The average Bonchev–Trinajstić information content (AvgIpc) is 3.40. The third kappa shape index (κ3) is 4.65. The van der Waals surface area contributed by atoms with Gasteiger partial charge in [0.1, 0.15) is 17.2 Å². The van der Waals surface area contributed by atoms with Crippen LogP contribution in [0.25, 0.3) is 17.4 Å². The number of furan rings is 1. The van der Waals surface area contributed by atoms with Gasteiger partial charge < -0.3 is 14.0 Å². The van der Waals surface area contributed by atoms with E-state index in [0.717, 1.165) is 5.56 Å². The van der Waals surface area contributed by atoms with Gasteiger partial charge in [-0.3, -0.25) is 0 Å². The second kappa shape index (κ2) is 9.24. The number of oxime groups is 1. The third-order valence-electron chi connectivity index (χ3n) is 4.67. The number of hydrogen-bond acceptors (Lipinski definition) is 6. The van der Waals surface area contributed by atoms with E-state index in [1.54, 1.807) is 36.4 Å². The van der Waals surface area contributed by atoms with E-state index in [9.17, 15) is 9.59 Å². The highest BCUT2D eigenvalue weighted by Crippen LogP contribution is 2.29. The first-order valence-electron chi connectivity index (χ1n) is 10.1. The van der Waals surface area contributed by atoms with Gasteiger partial charge in [-0.1, -0.05) is 60.9 Å². The molecule has 4 rings (SSSR count).